The maximum Gasteiger partial charge on any atom is 0.226 e. The van der Waals surface area contributed by atoms with Crippen LogP contribution in [0.1, 0.15) is 24.5 Å². The van der Waals surface area contributed by atoms with E-state index < -0.39 is 0 Å². The highest BCUT2D eigenvalue weighted by atomic mass is 35.5. The molecule has 4 nitrogen and oxygen atoms in total. The number of halogens is 1. The van der Waals surface area contributed by atoms with E-state index in [0.717, 1.165) is 11.1 Å². The first-order valence-electron chi connectivity index (χ1n) is 5.71. The zero-order valence-corrected chi connectivity index (χ0v) is 11.5. The smallest absolute Gasteiger partial charge is 0.226 e. The number of amides is 2. The van der Waals surface area contributed by atoms with Crippen LogP contribution in [-0.4, -0.2) is 18.4 Å². The Morgan fingerprint density at radius 2 is 1.94 bits per heavy atom. The Kier molecular flexibility index (Phi) is 5.16. The lowest BCUT2D eigenvalue weighted by Crippen LogP contribution is -2.25. The lowest BCUT2D eigenvalue weighted by molar-refractivity contribution is -0.119. The molecule has 2 N–H and O–H groups in total. The number of hydrogen-bond donors (Lipinski definition) is 2. The minimum Gasteiger partial charge on any atom is -0.356 e. The first kappa shape index (κ1) is 14.5. The van der Waals surface area contributed by atoms with Crippen LogP contribution in [0.2, 0.25) is 5.02 Å². The van der Waals surface area contributed by atoms with Crippen LogP contribution in [0.4, 0.5) is 5.69 Å². The molecule has 0 saturated heterocycles. The van der Waals surface area contributed by atoms with Crippen LogP contribution in [0.5, 0.6) is 0 Å². The molecule has 0 aliphatic carbocycles. The second-order valence-corrected chi connectivity index (χ2v) is 4.63. The van der Waals surface area contributed by atoms with Crippen LogP contribution in [-0.2, 0) is 9.59 Å². The predicted molar refractivity (Wildman–Crippen MR) is 72.9 cm³/mol. The van der Waals surface area contributed by atoms with Gasteiger partial charge in [-0.2, -0.15) is 0 Å². The van der Waals surface area contributed by atoms with Gasteiger partial charge in [-0.1, -0.05) is 17.7 Å². The highest BCUT2D eigenvalue weighted by Gasteiger charge is 2.09. The fourth-order valence-electron chi connectivity index (χ4n) is 1.63. The van der Waals surface area contributed by atoms with Gasteiger partial charge < -0.3 is 10.6 Å². The molecule has 0 spiro atoms. The van der Waals surface area contributed by atoms with Crippen molar-refractivity contribution in [2.75, 3.05) is 11.9 Å². The monoisotopic (exact) mass is 268 g/mol. The van der Waals surface area contributed by atoms with Crippen molar-refractivity contribution in [2.45, 2.75) is 27.2 Å². The molecule has 5 heteroatoms. The Balaban J connectivity index is 2.62. The van der Waals surface area contributed by atoms with Gasteiger partial charge in [0.2, 0.25) is 11.8 Å². The van der Waals surface area contributed by atoms with Gasteiger partial charge in [0.15, 0.2) is 0 Å². The lowest BCUT2D eigenvalue weighted by Gasteiger charge is -2.11. The minimum absolute atomic E-state index is 0.146. The number of aryl methyl sites for hydroxylation is 2. The van der Waals surface area contributed by atoms with Gasteiger partial charge in [0, 0.05) is 19.9 Å². The second kappa shape index (κ2) is 6.40. The topological polar surface area (TPSA) is 58.2 Å². The summed E-state index contributed by atoms with van der Waals surface area (Å²) in [6, 6.07) is 3.76. The molecule has 0 heterocycles. The molecule has 0 radical (unpaired) electrons. The van der Waals surface area contributed by atoms with Crippen molar-refractivity contribution >= 4 is 29.1 Å². The average molecular weight is 269 g/mol. The summed E-state index contributed by atoms with van der Waals surface area (Å²) < 4.78 is 0. The SMILES string of the molecule is CC(=O)NCCC(=O)Nc1c(C)cc(C)cc1Cl. The maximum atomic E-state index is 11.7. The summed E-state index contributed by atoms with van der Waals surface area (Å²) in [5, 5.41) is 5.85. The third-order valence-corrected chi connectivity index (χ3v) is 2.72. The summed E-state index contributed by atoms with van der Waals surface area (Å²) in [6.45, 7) is 5.58. The number of anilines is 1. The van der Waals surface area contributed by atoms with Crippen molar-refractivity contribution in [3.8, 4) is 0 Å². The van der Waals surface area contributed by atoms with Crippen molar-refractivity contribution in [2.24, 2.45) is 0 Å². The maximum absolute atomic E-state index is 11.7. The molecular weight excluding hydrogens is 252 g/mol. The third kappa shape index (κ3) is 4.37. The van der Waals surface area contributed by atoms with Gasteiger partial charge in [-0.05, 0) is 31.0 Å². The van der Waals surface area contributed by atoms with Crippen molar-refractivity contribution in [1.82, 2.24) is 5.32 Å². The van der Waals surface area contributed by atoms with Gasteiger partial charge in [0.05, 0.1) is 10.7 Å². The van der Waals surface area contributed by atoms with Crippen LogP contribution in [0.25, 0.3) is 0 Å². The van der Waals surface area contributed by atoms with E-state index in [-0.39, 0.29) is 18.2 Å². The summed E-state index contributed by atoms with van der Waals surface area (Å²) in [5.41, 5.74) is 2.61. The molecule has 18 heavy (non-hydrogen) atoms. The summed E-state index contributed by atoms with van der Waals surface area (Å²) in [4.78, 5) is 22.3. The molecule has 0 bridgehead atoms. The van der Waals surface area contributed by atoms with Crippen molar-refractivity contribution in [3.05, 3.63) is 28.3 Å². The number of carbonyl (C=O) groups is 2. The molecule has 2 amide bonds. The minimum atomic E-state index is -0.169. The first-order chi connectivity index (χ1) is 8.40. The van der Waals surface area contributed by atoms with Gasteiger partial charge in [0.1, 0.15) is 0 Å². The van der Waals surface area contributed by atoms with E-state index in [9.17, 15) is 9.59 Å². The van der Waals surface area contributed by atoms with Gasteiger partial charge in [0.25, 0.3) is 0 Å². The Bertz CT molecular complexity index is 449. The number of hydrogen-bond acceptors (Lipinski definition) is 2. The van der Waals surface area contributed by atoms with E-state index in [0.29, 0.717) is 17.3 Å². The van der Waals surface area contributed by atoms with Gasteiger partial charge in [-0.15, -0.1) is 0 Å². The summed E-state index contributed by atoms with van der Waals surface area (Å²) >= 11 is 6.08. The molecule has 0 saturated carbocycles. The predicted octanol–water partition coefficient (Wildman–Crippen LogP) is 2.42. The Labute approximate surface area is 112 Å². The van der Waals surface area contributed by atoms with Crippen LogP contribution in [0.15, 0.2) is 12.1 Å². The molecular formula is C13H17ClN2O2. The Morgan fingerprint density at radius 1 is 1.28 bits per heavy atom. The molecule has 1 aromatic carbocycles. The van der Waals surface area contributed by atoms with Crippen LogP contribution >= 0.6 is 11.6 Å². The van der Waals surface area contributed by atoms with E-state index >= 15 is 0 Å². The average Bonchev–Trinajstić information content (AvgIpc) is 2.22. The molecule has 0 aromatic heterocycles. The molecule has 0 unspecified atom stereocenters. The zero-order valence-electron chi connectivity index (χ0n) is 10.8. The van der Waals surface area contributed by atoms with Gasteiger partial charge in [-0.25, -0.2) is 0 Å². The molecule has 0 aliphatic rings. The standard InChI is InChI=1S/C13H17ClN2O2/c1-8-6-9(2)13(11(14)7-8)16-12(18)4-5-15-10(3)17/h6-7H,4-5H2,1-3H3,(H,15,17)(H,16,18). The lowest BCUT2D eigenvalue weighted by atomic mass is 10.1. The van der Waals surface area contributed by atoms with E-state index in [1.54, 1.807) is 6.07 Å². The number of carbonyl (C=O) groups excluding carboxylic acids is 2. The van der Waals surface area contributed by atoms with Crippen molar-refractivity contribution in [3.63, 3.8) is 0 Å². The highest BCUT2D eigenvalue weighted by molar-refractivity contribution is 6.34. The van der Waals surface area contributed by atoms with Gasteiger partial charge in [-0.3, -0.25) is 9.59 Å². The van der Waals surface area contributed by atoms with Crippen molar-refractivity contribution < 1.29 is 9.59 Å². The normalized spacial score (nSPS) is 10.0. The van der Waals surface area contributed by atoms with E-state index in [1.807, 2.05) is 19.9 Å². The zero-order chi connectivity index (χ0) is 13.7. The van der Waals surface area contributed by atoms with E-state index in [2.05, 4.69) is 10.6 Å². The number of benzene rings is 1. The van der Waals surface area contributed by atoms with Crippen LogP contribution in [0, 0.1) is 13.8 Å². The fourth-order valence-corrected chi connectivity index (χ4v) is 2.00. The summed E-state index contributed by atoms with van der Waals surface area (Å²) in [5.74, 6) is -0.315. The van der Waals surface area contributed by atoms with Crippen LogP contribution in [0.3, 0.4) is 0 Å². The summed E-state index contributed by atoms with van der Waals surface area (Å²) in [6.07, 6.45) is 0.225. The molecule has 98 valence electrons. The first-order valence-corrected chi connectivity index (χ1v) is 6.09. The third-order valence-electron chi connectivity index (χ3n) is 2.42. The number of nitrogens with one attached hydrogen (secondary N) is 2. The quantitative estimate of drug-likeness (QED) is 0.881. The van der Waals surface area contributed by atoms with Crippen LogP contribution < -0.4 is 10.6 Å². The molecule has 1 aromatic rings. The largest absolute Gasteiger partial charge is 0.356 e. The molecule has 1 rings (SSSR count). The summed E-state index contributed by atoms with van der Waals surface area (Å²) in [7, 11) is 0. The fraction of sp³-hybridized carbons (Fsp3) is 0.385. The Hall–Kier alpha value is -1.55. The highest BCUT2D eigenvalue weighted by Crippen LogP contribution is 2.27. The molecule has 0 atom stereocenters. The molecule has 0 fully saturated rings. The molecule has 0 aliphatic heterocycles. The number of rotatable bonds is 4. The van der Waals surface area contributed by atoms with E-state index in [4.69, 9.17) is 11.6 Å². The van der Waals surface area contributed by atoms with Gasteiger partial charge >= 0.3 is 0 Å². The Morgan fingerprint density at radius 3 is 2.50 bits per heavy atom. The second-order valence-electron chi connectivity index (χ2n) is 4.22. The van der Waals surface area contributed by atoms with Crippen molar-refractivity contribution in [1.29, 1.82) is 0 Å². The van der Waals surface area contributed by atoms with E-state index in [1.165, 1.54) is 6.92 Å².